The molecule has 0 saturated heterocycles. The largest absolute Gasteiger partial charge is 3.00 e. The summed E-state index contributed by atoms with van der Waals surface area (Å²) in [6, 6.07) is 0. The zero-order valence-corrected chi connectivity index (χ0v) is 12.5. The molecule has 0 atom stereocenters. The molecule has 1 aliphatic carbocycles. The SMILES string of the molecule is CC(C)(C)OCCC1=[C-]CC=C1.[Cl-].[Cl-].[Ti+3]. The zero-order valence-electron chi connectivity index (χ0n) is 9.44. The van der Waals surface area contributed by atoms with Gasteiger partial charge in [-0.1, -0.05) is 0 Å². The number of hydrogen-bond donors (Lipinski definition) is 0. The van der Waals surface area contributed by atoms with Crippen LogP contribution in [0.15, 0.2) is 17.7 Å². The first-order valence-corrected chi connectivity index (χ1v) is 4.48. The maximum Gasteiger partial charge on any atom is 3.00 e. The predicted molar refractivity (Wildman–Crippen MR) is 50.8 cm³/mol. The first-order valence-electron chi connectivity index (χ1n) is 4.48. The molecule has 0 unspecified atom stereocenters. The third-order valence-corrected chi connectivity index (χ3v) is 1.67. The average Bonchev–Trinajstić information content (AvgIpc) is 2.36. The van der Waals surface area contributed by atoms with Gasteiger partial charge in [-0.15, -0.1) is 6.42 Å². The van der Waals surface area contributed by atoms with Crippen LogP contribution in [0.2, 0.25) is 0 Å². The van der Waals surface area contributed by atoms with E-state index < -0.39 is 0 Å². The Kier molecular flexibility index (Phi) is 13.9. The Morgan fingerprint density at radius 3 is 2.33 bits per heavy atom. The van der Waals surface area contributed by atoms with Gasteiger partial charge >= 0.3 is 21.7 Å². The summed E-state index contributed by atoms with van der Waals surface area (Å²) in [6.07, 6.45) is 9.50. The van der Waals surface area contributed by atoms with Crippen LogP contribution in [0.3, 0.4) is 0 Å². The molecule has 15 heavy (non-hydrogen) atoms. The standard InChI is InChI=1S/C11H17O.2ClH.Ti/c1-11(2,3)12-9-8-10-6-4-5-7-10;;;/h4,6H,5,8-9H2,1-3H3;2*1H;/q-1;;;+3/p-2. The molecule has 0 bridgehead atoms. The first-order chi connectivity index (χ1) is 5.58. The van der Waals surface area contributed by atoms with E-state index in [2.05, 4.69) is 39.0 Å². The van der Waals surface area contributed by atoms with Gasteiger partial charge in [-0.2, -0.15) is 6.08 Å². The predicted octanol–water partition coefficient (Wildman–Crippen LogP) is -3.11. The fraction of sp³-hybridized carbons (Fsp3) is 0.636. The van der Waals surface area contributed by atoms with Gasteiger partial charge in [0.2, 0.25) is 0 Å². The van der Waals surface area contributed by atoms with E-state index in [4.69, 9.17) is 4.74 Å². The van der Waals surface area contributed by atoms with E-state index in [1.54, 1.807) is 0 Å². The molecule has 0 N–H and O–H groups in total. The summed E-state index contributed by atoms with van der Waals surface area (Å²) >= 11 is 0. The minimum atomic E-state index is -0.0110. The summed E-state index contributed by atoms with van der Waals surface area (Å²) in [6.45, 7) is 7.04. The van der Waals surface area contributed by atoms with E-state index in [0.29, 0.717) is 0 Å². The molecule has 1 radical (unpaired) electrons. The van der Waals surface area contributed by atoms with Crippen LogP contribution in [0.25, 0.3) is 0 Å². The normalized spacial score (nSPS) is 13.4. The van der Waals surface area contributed by atoms with Crippen molar-refractivity contribution < 1.29 is 51.3 Å². The second-order valence-electron chi connectivity index (χ2n) is 4.02. The molecule has 1 rings (SSSR count). The molecule has 0 spiro atoms. The fourth-order valence-electron chi connectivity index (χ4n) is 1.09. The average molecular weight is 284 g/mol. The van der Waals surface area contributed by atoms with Crippen LogP contribution in [0.4, 0.5) is 0 Å². The van der Waals surface area contributed by atoms with Crippen LogP contribution < -0.4 is 24.8 Å². The molecule has 85 valence electrons. The van der Waals surface area contributed by atoms with E-state index >= 15 is 0 Å². The Morgan fingerprint density at radius 2 is 1.93 bits per heavy atom. The van der Waals surface area contributed by atoms with E-state index in [0.717, 1.165) is 19.4 Å². The molecule has 0 heterocycles. The third kappa shape index (κ3) is 11.0. The number of halogens is 2. The van der Waals surface area contributed by atoms with Gasteiger partial charge in [0.05, 0.1) is 5.60 Å². The topological polar surface area (TPSA) is 9.23 Å². The van der Waals surface area contributed by atoms with Crippen molar-refractivity contribution >= 4 is 0 Å². The molecule has 4 heteroatoms. The summed E-state index contributed by atoms with van der Waals surface area (Å²) in [5.41, 5.74) is 1.28. The molecule has 0 saturated carbocycles. The second kappa shape index (κ2) is 9.92. The van der Waals surface area contributed by atoms with Crippen LogP contribution in [-0.2, 0) is 26.5 Å². The molecule has 1 aliphatic rings. The zero-order chi connectivity index (χ0) is 9.03. The molecule has 0 aliphatic heterocycles. The maximum atomic E-state index is 5.60. The van der Waals surface area contributed by atoms with E-state index in [1.165, 1.54) is 5.57 Å². The number of rotatable bonds is 3. The summed E-state index contributed by atoms with van der Waals surface area (Å²) in [7, 11) is 0. The monoisotopic (exact) mass is 283 g/mol. The van der Waals surface area contributed by atoms with Crippen molar-refractivity contribution in [2.24, 2.45) is 0 Å². The van der Waals surface area contributed by atoms with Crippen molar-refractivity contribution in [3.05, 3.63) is 23.8 Å². The van der Waals surface area contributed by atoms with Gasteiger partial charge in [-0.05, 0) is 27.2 Å². The van der Waals surface area contributed by atoms with Gasteiger partial charge < -0.3 is 29.6 Å². The van der Waals surface area contributed by atoms with Crippen LogP contribution in [0.5, 0.6) is 0 Å². The molecular weight excluding hydrogens is 267 g/mol. The van der Waals surface area contributed by atoms with Crippen molar-refractivity contribution in [1.82, 2.24) is 0 Å². The van der Waals surface area contributed by atoms with E-state index in [-0.39, 0.29) is 52.1 Å². The minimum absolute atomic E-state index is 0. The van der Waals surface area contributed by atoms with Gasteiger partial charge in [0.1, 0.15) is 0 Å². The smallest absolute Gasteiger partial charge is 1.00 e. The number of allylic oxidation sites excluding steroid dienone is 3. The van der Waals surface area contributed by atoms with E-state index in [9.17, 15) is 0 Å². The summed E-state index contributed by atoms with van der Waals surface area (Å²) < 4.78 is 5.60. The van der Waals surface area contributed by atoms with Gasteiger partial charge in [0, 0.05) is 6.61 Å². The Morgan fingerprint density at radius 1 is 1.33 bits per heavy atom. The molecule has 0 amide bonds. The Bertz CT molecular complexity index is 207. The first kappa shape index (κ1) is 21.1. The summed E-state index contributed by atoms with van der Waals surface area (Å²) in [5.74, 6) is 0. The quantitative estimate of drug-likeness (QED) is 0.394. The van der Waals surface area contributed by atoms with Crippen LogP contribution in [-0.4, -0.2) is 12.2 Å². The van der Waals surface area contributed by atoms with Crippen molar-refractivity contribution in [1.29, 1.82) is 0 Å². The van der Waals surface area contributed by atoms with Gasteiger partial charge in [0.25, 0.3) is 0 Å². The second-order valence-corrected chi connectivity index (χ2v) is 4.02. The van der Waals surface area contributed by atoms with Crippen LogP contribution in [0.1, 0.15) is 33.6 Å². The van der Waals surface area contributed by atoms with Gasteiger partial charge in [-0.25, -0.2) is 11.6 Å². The molecular formula is C11H17Cl2OTi. The van der Waals surface area contributed by atoms with Crippen molar-refractivity contribution in [3.8, 4) is 0 Å². The molecule has 0 fully saturated rings. The van der Waals surface area contributed by atoms with Gasteiger partial charge in [0.15, 0.2) is 0 Å². The van der Waals surface area contributed by atoms with Crippen LogP contribution in [0, 0.1) is 6.08 Å². The molecule has 1 nitrogen and oxygen atoms in total. The van der Waals surface area contributed by atoms with Crippen molar-refractivity contribution in [3.63, 3.8) is 0 Å². The maximum absolute atomic E-state index is 5.60. The Hall–Kier alpha value is 0.734. The molecule has 0 aromatic rings. The summed E-state index contributed by atoms with van der Waals surface area (Å²) in [4.78, 5) is 0. The minimum Gasteiger partial charge on any atom is -1.00 e. The van der Waals surface area contributed by atoms with E-state index in [1.807, 2.05) is 0 Å². The van der Waals surface area contributed by atoms with Crippen molar-refractivity contribution in [2.45, 2.75) is 39.2 Å². The number of ether oxygens (including phenoxy) is 1. The molecule has 0 aromatic carbocycles. The summed E-state index contributed by atoms with van der Waals surface area (Å²) in [5, 5.41) is 0. The third-order valence-electron chi connectivity index (χ3n) is 1.67. The van der Waals surface area contributed by atoms with Crippen molar-refractivity contribution in [2.75, 3.05) is 6.61 Å². The Labute approximate surface area is 120 Å². The van der Waals surface area contributed by atoms with Crippen LogP contribution >= 0.6 is 0 Å². The molecule has 0 aromatic heterocycles. The Balaban J connectivity index is -0.000000480. The fourth-order valence-corrected chi connectivity index (χ4v) is 1.09. The number of hydrogen-bond acceptors (Lipinski definition) is 1. The van der Waals surface area contributed by atoms with Gasteiger partial charge in [-0.3, -0.25) is 6.08 Å².